The zero-order valence-electron chi connectivity index (χ0n) is 6.93. The number of rotatable bonds is 3. The van der Waals surface area contributed by atoms with E-state index in [0.717, 1.165) is 5.56 Å². The monoisotopic (exact) mass is 221 g/mol. The van der Waals surface area contributed by atoms with Gasteiger partial charge in [0, 0.05) is 6.04 Å². The highest BCUT2D eigenvalue weighted by Gasteiger charge is 2.07. The zero-order valence-corrected chi connectivity index (χ0v) is 8.45. The van der Waals surface area contributed by atoms with E-state index in [2.05, 4.69) is 0 Å². The summed E-state index contributed by atoms with van der Waals surface area (Å²) >= 11 is 11.5. The van der Waals surface area contributed by atoms with E-state index in [1.165, 1.54) is 0 Å². The second-order valence-electron chi connectivity index (χ2n) is 2.76. The van der Waals surface area contributed by atoms with Gasteiger partial charge in [-0.2, -0.15) is 0 Å². The summed E-state index contributed by atoms with van der Waals surface area (Å²) in [5, 5.41) is 0.936. The average molecular weight is 222 g/mol. The third-order valence-electron chi connectivity index (χ3n) is 1.79. The fourth-order valence-corrected chi connectivity index (χ4v) is 1.33. The van der Waals surface area contributed by atoms with E-state index in [0.29, 0.717) is 16.5 Å². The summed E-state index contributed by atoms with van der Waals surface area (Å²) in [6, 6.07) is 4.79. The van der Waals surface area contributed by atoms with Crippen LogP contribution in [0.1, 0.15) is 18.0 Å². The maximum Gasteiger partial charge on any atom is 0.0912 e. The van der Waals surface area contributed by atoms with Crippen molar-refractivity contribution in [3.05, 3.63) is 33.8 Å². The van der Waals surface area contributed by atoms with Crippen LogP contribution in [0.4, 0.5) is 4.39 Å². The van der Waals surface area contributed by atoms with Crippen molar-refractivity contribution in [1.82, 2.24) is 0 Å². The lowest BCUT2D eigenvalue weighted by Gasteiger charge is -2.10. The van der Waals surface area contributed by atoms with Gasteiger partial charge in [0.25, 0.3) is 0 Å². The predicted octanol–water partition coefficient (Wildman–Crippen LogP) is 3.35. The standard InChI is InChI=1S/C9H10Cl2FN/c10-7-2-1-6(5-8(7)11)9(13)3-4-12/h1-2,5,9H,3-4,13H2/t9-/m1/s1. The molecule has 4 heteroatoms. The SMILES string of the molecule is N[C@H](CCF)c1ccc(Cl)c(Cl)c1. The molecule has 1 aromatic carbocycles. The van der Waals surface area contributed by atoms with Crippen molar-refractivity contribution < 1.29 is 4.39 Å². The van der Waals surface area contributed by atoms with Crippen molar-refractivity contribution >= 4 is 23.2 Å². The molecule has 0 aliphatic rings. The van der Waals surface area contributed by atoms with Crippen LogP contribution in [0.5, 0.6) is 0 Å². The first-order chi connectivity index (χ1) is 6.15. The molecule has 1 nitrogen and oxygen atoms in total. The Morgan fingerprint density at radius 3 is 2.54 bits per heavy atom. The molecule has 0 saturated carbocycles. The Hall–Kier alpha value is -0.310. The molecule has 0 bridgehead atoms. The normalized spacial score (nSPS) is 12.9. The second kappa shape index (κ2) is 4.80. The van der Waals surface area contributed by atoms with E-state index in [4.69, 9.17) is 28.9 Å². The quantitative estimate of drug-likeness (QED) is 0.833. The summed E-state index contributed by atoms with van der Waals surface area (Å²) in [4.78, 5) is 0. The van der Waals surface area contributed by atoms with Crippen LogP contribution < -0.4 is 5.73 Å². The molecule has 0 aliphatic heterocycles. The van der Waals surface area contributed by atoms with Gasteiger partial charge < -0.3 is 5.73 Å². The smallest absolute Gasteiger partial charge is 0.0912 e. The minimum absolute atomic E-state index is 0.304. The average Bonchev–Trinajstić information content (AvgIpc) is 2.10. The van der Waals surface area contributed by atoms with Crippen LogP contribution in [0.3, 0.4) is 0 Å². The van der Waals surface area contributed by atoms with Crippen LogP contribution >= 0.6 is 23.2 Å². The molecule has 0 saturated heterocycles. The number of halogens is 3. The summed E-state index contributed by atoms with van der Waals surface area (Å²) in [7, 11) is 0. The first-order valence-corrected chi connectivity index (χ1v) is 4.67. The van der Waals surface area contributed by atoms with Gasteiger partial charge in [0.1, 0.15) is 0 Å². The lowest BCUT2D eigenvalue weighted by atomic mass is 10.1. The van der Waals surface area contributed by atoms with Gasteiger partial charge in [-0.3, -0.25) is 4.39 Å². The topological polar surface area (TPSA) is 26.0 Å². The minimum atomic E-state index is -0.429. The highest BCUT2D eigenvalue weighted by molar-refractivity contribution is 6.42. The summed E-state index contributed by atoms with van der Waals surface area (Å²) in [6.45, 7) is -0.429. The lowest BCUT2D eigenvalue weighted by Crippen LogP contribution is -2.10. The van der Waals surface area contributed by atoms with Crippen molar-refractivity contribution in [1.29, 1.82) is 0 Å². The van der Waals surface area contributed by atoms with Crippen molar-refractivity contribution in [3.8, 4) is 0 Å². The molecule has 0 unspecified atom stereocenters. The van der Waals surface area contributed by atoms with Crippen LogP contribution in [0.25, 0.3) is 0 Å². The number of nitrogens with two attached hydrogens (primary N) is 1. The largest absolute Gasteiger partial charge is 0.324 e. The molecule has 0 spiro atoms. The molecule has 0 aromatic heterocycles. The Kier molecular flexibility index (Phi) is 3.97. The molecule has 0 fully saturated rings. The van der Waals surface area contributed by atoms with E-state index >= 15 is 0 Å². The Morgan fingerprint density at radius 1 is 1.31 bits per heavy atom. The first kappa shape index (κ1) is 10.8. The highest BCUT2D eigenvalue weighted by Crippen LogP contribution is 2.25. The van der Waals surface area contributed by atoms with Crippen molar-refractivity contribution in [2.45, 2.75) is 12.5 Å². The third kappa shape index (κ3) is 2.83. The summed E-state index contributed by atoms with van der Waals surface area (Å²) < 4.78 is 12.0. The number of alkyl halides is 1. The molecular formula is C9H10Cl2FN. The van der Waals surface area contributed by atoms with E-state index in [1.807, 2.05) is 0 Å². The molecule has 72 valence electrons. The molecule has 0 amide bonds. The third-order valence-corrected chi connectivity index (χ3v) is 2.53. The first-order valence-electron chi connectivity index (χ1n) is 3.91. The number of hydrogen-bond acceptors (Lipinski definition) is 1. The molecule has 13 heavy (non-hydrogen) atoms. The van der Waals surface area contributed by atoms with E-state index in [9.17, 15) is 4.39 Å². The Bertz CT molecular complexity index is 291. The zero-order chi connectivity index (χ0) is 9.84. The molecule has 0 heterocycles. The second-order valence-corrected chi connectivity index (χ2v) is 3.57. The van der Waals surface area contributed by atoms with Gasteiger partial charge in [-0.1, -0.05) is 29.3 Å². The Morgan fingerprint density at radius 2 is 2.00 bits per heavy atom. The molecule has 2 N–H and O–H groups in total. The van der Waals surface area contributed by atoms with Crippen LogP contribution in [0.15, 0.2) is 18.2 Å². The molecule has 1 atom stereocenters. The summed E-state index contributed by atoms with van der Waals surface area (Å²) in [5.74, 6) is 0. The van der Waals surface area contributed by atoms with Gasteiger partial charge in [0.2, 0.25) is 0 Å². The van der Waals surface area contributed by atoms with Crippen LogP contribution in [0, 0.1) is 0 Å². The van der Waals surface area contributed by atoms with Crippen molar-refractivity contribution in [2.75, 3.05) is 6.67 Å². The van der Waals surface area contributed by atoms with Crippen LogP contribution in [-0.4, -0.2) is 6.67 Å². The van der Waals surface area contributed by atoms with Gasteiger partial charge >= 0.3 is 0 Å². The maximum absolute atomic E-state index is 12.0. The minimum Gasteiger partial charge on any atom is -0.324 e. The molecule has 1 rings (SSSR count). The Balaban J connectivity index is 2.84. The van der Waals surface area contributed by atoms with Gasteiger partial charge in [-0.15, -0.1) is 0 Å². The highest BCUT2D eigenvalue weighted by atomic mass is 35.5. The fraction of sp³-hybridized carbons (Fsp3) is 0.333. The number of hydrogen-bond donors (Lipinski definition) is 1. The molecule has 0 radical (unpaired) electrons. The van der Waals surface area contributed by atoms with E-state index in [1.54, 1.807) is 18.2 Å². The van der Waals surface area contributed by atoms with Gasteiger partial charge in [0.05, 0.1) is 16.7 Å². The molecular weight excluding hydrogens is 212 g/mol. The van der Waals surface area contributed by atoms with Gasteiger partial charge in [0.15, 0.2) is 0 Å². The van der Waals surface area contributed by atoms with Crippen molar-refractivity contribution in [2.24, 2.45) is 5.73 Å². The maximum atomic E-state index is 12.0. The lowest BCUT2D eigenvalue weighted by molar-refractivity contribution is 0.442. The van der Waals surface area contributed by atoms with Crippen LogP contribution in [0.2, 0.25) is 10.0 Å². The van der Waals surface area contributed by atoms with Crippen molar-refractivity contribution in [3.63, 3.8) is 0 Å². The fourth-order valence-electron chi connectivity index (χ4n) is 1.03. The van der Waals surface area contributed by atoms with E-state index in [-0.39, 0.29) is 6.04 Å². The van der Waals surface area contributed by atoms with Gasteiger partial charge in [-0.05, 0) is 24.1 Å². The van der Waals surface area contributed by atoms with Crippen LogP contribution in [-0.2, 0) is 0 Å². The Labute approximate surface area is 86.6 Å². The molecule has 0 aliphatic carbocycles. The number of benzene rings is 1. The molecule has 1 aromatic rings. The summed E-state index contributed by atoms with van der Waals surface area (Å²) in [6.07, 6.45) is 0.304. The van der Waals surface area contributed by atoms with Gasteiger partial charge in [-0.25, -0.2) is 0 Å². The van der Waals surface area contributed by atoms with E-state index < -0.39 is 6.67 Å². The predicted molar refractivity (Wildman–Crippen MR) is 54.0 cm³/mol. The summed E-state index contributed by atoms with van der Waals surface area (Å²) in [5.41, 5.74) is 6.49.